The molecule has 0 heterocycles. The van der Waals surface area contributed by atoms with Gasteiger partial charge in [-0.15, -0.1) is 0 Å². The molecule has 0 aromatic carbocycles. The number of rotatable bonds is 7. The fourth-order valence-corrected chi connectivity index (χ4v) is 3.13. The summed E-state index contributed by atoms with van der Waals surface area (Å²) >= 11 is 0. The molecular weight excluding hydrogens is 246 g/mol. The molecule has 0 aromatic heterocycles. The first-order valence-corrected chi connectivity index (χ1v) is 8.88. The van der Waals surface area contributed by atoms with E-state index in [9.17, 15) is 8.42 Å². The molecular formula is C14H27NO2S. The highest BCUT2D eigenvalue weighted by Crippen LogP contribution is 2.21. The van der Waals surface area contributed by atoms with E-state index in [1.165, 1.54) is 25.5 Å². The molecule has 0 fully saturated rings. The van der Waals surface area contributed by atoms with Gasteiger partial charge in [0.25, 0.3) is 0 Å². The molecule has 1 unspecified atom stereocenters. The van der Waals surface area contributed by atoms with E-state index in [4.69, 9.17) is 0 Å². The molecule has 0 aromatic rings. The van der Waals surface area contributed by atoms with Crippen LogP contribution in [0.2, 0.25) is 0 Å². The van der Waals surface area contributed by atoms with E-state index in [1.54, 1.807) is 0 Å². The minimum absolute atomic E-state index is 0.0492. The Hall–Kier alpha value is -0.350. The zero-order valence-electron chi connectivity index (χ0n) is 11.9. The van der Waals surface area contributed by atoms with Crippen molar-refractivity contribution in [1.29, 1.82) is 0 Å². The molecule has 0 spiro atoms. The molecule has 0 radical (unpaired) electrons. The van der Waals surface area contributed by atoms with Crippen molar-refractivity contribution < 1.29 is 8.42 Å². The summed E-state index contributed by atoms with van der Waals surface area (Å²) in [6.07, 6.45) is 10.2. The maximum atomic E-state index is 11.2. The molecule has 1 aliphatic rings. The van der Waals surface area contributed by atoms with Gasteiger partial charge in [0, 0.05) is 12.8 Å². The van der Waals surface area contributed by atoms with Crippen LogP contribution in [0.3, 0.4) is 0 Å². The van der Waals surface area contributed by atoms with Crippen LogP contribution in [0.5, 0.6) is 0 Å². The third-order valence-electron chi connectivity index (χ3n) is 3.56. The predicted octanol–water partition coefficient (Wildman–Crippen LogP) is 2.39. The molecule has 1 atom stereocenters. The Labute approximate surface area is 112 Å². The molecule has 1 rings (SSSR count). The van der Waals surface area contributed by atoms with Crippen molar-refractivity contribution in [3.05, 3.63) is 12.2 Å². The van der Waals surface area contributed by atoms with Gasteiger partial charge in [0.15, 0.2) is 0 Å². The smallest absolute Gasteiger partial charge is 0.147 e. The molecule has 4 heteroatoms. The zero-order chi connectivity index (χ0) is 13.6. The van der Waals surface area contributed by atoms with E-state index in [1.807, 2.05) is 0 Å². The van der Waals surface area contributed by atoms with Crippen molar-refractivity contribution in [2.75, 3.05) is 25.1 Å². The normalized spacial score (nSPS) is 21.2. The predicted molar refractivity (Wildman–Crippen MR) is 77.5 cm³/mol. The first-order chi connectivity index (χ1) is 8.29. The number of nitrogens with one attached hydrogen (secondary N) is 1. The van der Waals surface area contributed by atoms with Crippen molar-refractivity contribution in [3.63, 3.8) is 0 Å². The van der Waals surface area contributed by atoms with E-state index in [-0.39, 0.29) is 11.2 Å². The van der Waals surface area contributed by atoms with E-state index >= 15 is 0 Å². The van der Waals surface area contributed by atoms with Crippen molar-refractivity contribution in [2.45, 2.75) is 39.5 Å². The number of sulfone groups is 1. The Morgan fingerprint density at radius 1 is 1.33 bits per heavy atom. The first-order valence-electron chi connectivity index (χ1n) is 6.82. The summed E-state index contributed by atoms with van der Waals surface area (Å²) in [7, 11) is -2.84. The monoisotopic (exact) mass is 273 g/mol. The Morgan fingerprint density at radius 2 is 2.06 bits per heavy atom. The van der Waals surface area contributed by atoms with Gasteiger partial charge in [-0.1, -0.05) is 26.0 Å². The summed E-state index contributed by atoms with van der Waals surface area (Å²) in [6.45, 7) is 6.20. The van der Waals surface area contributed by atoms with Gasteiger partial charge in [-0.2, -0.15) is 0 Å². The summed E-state index contributed by atoms with van der Waals surface area (Å²) in [5.41, 5.74) is 0.0492. The van der Waals surface area contributed by atoms with Crippen LogP contribution in [-0.4, -0.2) is 33.5 Å². The van der Waals surface area contributed by atoms with Crippen LogP contribution >= 0.6 is 0 Å². The van der Waals surface area contributed by atoms with Crippen LogP contribution in [0.25, 0.3) is 0 Å². The highest BCUT2D eigenvalue weighted by atomic mass is 32.2. The Balaban J connectivity index is 2.22. The largest absolute Gasteiger partial charge is 0.316 e. The lowest BCUT2D eigenvalue weighted by Crippen LogP contribution is -2.34. The number of allylic oxidation sites excluding steroid dienone is 2. The van der Waals surface area contributed by atoms with E-state index in [0.717, 1.165) is 25.4 Å². The van der Waals surface area contributed by atoms with Crippen molar-refractivity contribution in [1.82, 2.24) is 5.32 Å². The fraction of sp³-hybridized carbons (Fsp3) is 0.857. The van der Waals surface area contributed by atoms with Gasteiger partial charge in [-0.3, -0.25) is 0 Å². The van der Waals surface area contributed by atoms with E-state index in [0.29, 0.717) is 0 Å². The van der Waals surface area contributed by atoms with Gasteiger partial charge in [0.05, 0.1) is 5.75 Å². The number of hydrogen-bond donors (Lipinski definition) is 1. The zero-order valence-corrected chi connectivity index (χ0v) is 12.7. The summed E-state index contributed by atoms with van der Waals surface area (Å²) in [5, 5.41) is 3.50. The molecule has 0 saturated heterocycles. The van der Waals surface area contributed by atoms with E-state index < -0.39 is 9.84 Å². The second-order valence-corrected chi connectivity index (χ2v) is 8.59. The molecule has 3 nitrogen and oxygen atoms in total. The summed E-state index contributed by atoms with van der Waals surface area (Å²) in [6, 6.07) is 0. The summed E-state index contributed by atoms with van der Waals surface area (Å²) in [5.74, 6) is 1.04. The van der Waals surface area contributed by atoms with Gasteiger partial charge in [0.1, 0.15) is 9.84 Å². The topological polar surface area (TPSA) is 46.2 Å². The Morgan fingerprint density at radius 3 is 2.61 bits per heavy atom. The quantitative estimate of drug-likeness (QED) is 0.725. The minimum atomic E-state index is -2.84. The maximum Gasteiger partial charge on any atom is 0.147 e. The maximum absolute atomic E-state index is 11.2. The van der Waals surface area contributed by atoms with E-state index in [2.05, 4.69) is 31.3 Å². The third kappa shape index (κ3) is 7.17. The van der Waals surface area contributed by atoms with Crippen LogP contribution in [0.4, 0.5) is 0 Å². The van der Waals surface area contributed by atoms with Crippen molar-refractivity contribution in [2.24, 2.45) is 11.3 Å². The molecule has 0 amide bonds. The molecule has 18 heavy (non-hydrogen) atoms. The highest BCUT2D eigenvalue weighted by Gasteiger charge is 2.20. The Bertz CT molecular complexity index is 371. The third-order valence-corrected chi connectivity index (χ3v) is 4.51. The molecule has 0 saturated carbocycles. The van der Waals surface area contributed by atoms with Crippen LogP contribution in [-0.2, 0) is 9.84 Å². The molecule has 1 aliphatic carbocycles. The van der Waals surface area contributed by atoms with Crippen molar-refractivity contribution >= 4 is 9.84 Å². The first kappa shape index (κ1) is 15.7. The van der Waals surface area contributed by atoms with Gasteiger partial charge >= 0.3 is 0 Å². The lowest BCUT2D eigenvalue weighted by atomic mass is 9.89. The molecule has 0 aliphatic heterocycles. The van der Waals surface area contributed by atoms with Gasteiger partial charge in [-0.25, -0.2) is 8.42 Å². The lowest BCUT2D eigenvalue weighted by molar-refractivity contribution is 0.312. The second-order valence-electron chi connectivity index (χ2n) is 6.33. The molecule has 1 N–H and O–H groups in total. The van der Waals surface area contributed by atoms with Gasteiger partial charge in [0.2, 0.25) is 0 Å². The highest BCUT2D eigenvalue weighted by molar-refractivity contribution is 7.90. The van der Waals surface area contributed by atoms with Crippen LogP contribution in [0.1, 0.15) is 39.5 Å². The standard InChI is InChI=1S/C14H27NO2S/c1-14(2,9-10-18(3,16)17)12-15-11-13-7-5-4-6-8-13/h4-5,13,15H,6-12H2,1-3H3. The Kier molecular flexibility index (Phi) is 5.86. The van der Waals surface area contributed by atoms with Gasteiger partial charge < -0.3 is 5.32 Å². The summed E-state index contributed by atoms with van der Waals surface area (Å²) < 4.78 is 22.3. The van der Waals surface area contributed by atoms with Crippen molar-refractivity contribution in [3.8, 4) is 0 Å². The average Bonchev–Trinajstić information content (AvgIpc) is 2.27. The van der Waals surface area contributed by atoms with Crippen LogP contribution in [0.15, 0.2) is 12.2 Å². The van der Waals surface area contributed by atoms with Crippen LogP contribution < -0.4 is 5.32 Å². The average molecular weight is 273 g/mol. The van der Waals surface area contributed by atoms with Gasteiger partial charge in [-0.05, 0) is 43.6 Å². The number of hydrogen-bond acceptors (Lipinski definition) is 3. The minimum Gasteiger partial charge on any atom is -0.316 e. The van der Waals surface area contributed by atoms with Crippen LogP contribution in [0, 0.1) is 11.3 Å². The molecule has 106 valence electrons. The summed E-state index contributed by atoms with van der Waals surface area (Å²) in [4.78, 5) is 0. The molecule has 0 bridgehead atoms. The lowest BCUT2D eigenvalue weighted by Gasteiger charge is -2.26. The SMILES string of the molecule is CC(C)(CCS(C)(=O)=O)CNCC1CC=CCC1. The second kappa shape index (κ2) is 6.71. The fourth-order valence-electron chi connectivity index (χ4n) is 2.21.